The van der Waals surface area contributed by atoms with Crippen molar-refractivity contribution in [2.24, 2.45) is 0 Å². The minimum atomic E-state index is -0.453. The van der Waals surface area contributed by atoms with Crippen LogP contribution in [-0.2, 0) is 9.59 Å². The number of nitrogens with zero attached hydrogens (tertiary/aromatic N) is 1. The van der Waals surface area contributed by atoms with Crippen LogP contribution in [0.4, 0.5) is 11.4 Å². The summed E-state index contributed by atoms with van der Waals surface area (Å²) < 4.78 is 5.61. The van der Waals surface area contributed by atoms with E-state index in [1.807, 2.05) is 48.5 Å². The highest BCUT2D eigenvalue weighted by molar-refractivity contribution is 6.06. The first-order valence-corrected chi connectivity index (χ1v) is 7.66. The Balaban J connectivity index is 1.72. The quantitative estimate of drug-likeness (QED) is 0.881. The molecule has 0 aliphatic carbocycles. The Morgan fingerprint density at radius 2 is 1.91 bits per heavy atom. The molecular formula is C18H16N2O3. The van der Waals surface area contributed by atoms with Crippen LogP contribution in [0, 0.1) is 0 Å². The van der Waals surface area contributed by atoms with Gasteiger partial charge < -0.3 is 15.0 Å². The molecule has 116 valence electrons. The summed E-state index contributed by atoms with van der Waals surface area (Å²) in [5.41, 5.74) is 2.37. The Hall–Kier alpha value is -2.82. The van der Waals surface area contributed by atoms with Crippen molar-refractivity contribution < 1.29 is 14.3 Å². The first-order chi connectivity index (χ1) is 11.2. The number of amides is 2. The summed E-state index contributed by atoms with van der Waals surface area (Å²) in [4.78, 5) is 26.8. The molecule has 0 aromatic heterocycles. The van der Waals surface area contributed by atoms with Gasteiger partial charge in [-0.3, -0.25) is 9.59 Å². The maximum Gasteiger partial charge on any atom is 0.235 e. The van der Waals surface area contributed by atoms with E-state index in [-0.39, 0.29) is 18.2 Å². The predicted molar refractivity (Wildman–Crippen MR) is 86.7 cm³/mol. The number of carbonyl (C=O) groups is 2. The molecule has 1 unspecified atom stereocenters. The van der Waals surface area contributed by atoms with Crippen LogP contribution in [0.1, 0.15) is 17.9 Å². The summed E-state index contributed by atoms with van der Waals surface area (Å²) >= 11 is 0. The van der Waals surface area contributed by atoms with Gasteiger partial charge in [-0.15, -0.1) is 0 Å². The maximum absolute atomic E-state index is 13.1. The van der Waals surface area contributed by atoms with Crippen LogP contribution in [0.5, 0.6) is 5.75 Å². The lowest BCUT2D eigenvalue weighted by molar-refractivity contribution is -0.124. The number of fused-ring (bicyclic) bond motifs is 2. The minimum absolute atomic E-state index is 0.0527. The van der Waals surface area contributed by atoms with Crippen molar-refractivity contribution in [3.8, 4) is 5.75 Å². The van der Waals surface area contributed by atoms with Gasteiger partial charge in [0, 0.05) is 12.1 Å². The molecule has 0 spiro atoms. The van der Waals surface area contributed by atoms with Crippen molar-refractivity contribution in [1.82, 2.24) is 0 Å². The zero-order valence-corrected chi connectivity index (χ0v) is 12.5. The van der Waals surface area contributed by atoms with Gasteiger partial charge in [-0.05, 0) is 23.8 Å². The van der Waals surface area contributed by atoms with Crippen LogP contribution >= 0.6 is 0 Å². The topological polar surface area (TPSA) is 58.6 Å². The van der Waals surface area contributed by atoms with Crippen LogP contribution in [0.3, 0.4) is 0 Å². The smallest absolute Gasteiger partial charge is 0.235 e. The lowest BCUT2D eigenvalue weighted by Crippen LogP contribution is -2.42. The van der Waals surface area contributed by atoms with Gasteiger partial charge in [-0.2, -0.15) is 0 Å². The van der Waals surface area contributed by atoms with Gasteiger partial charge in [0.2, 0.25) is 11.8 Å². The first kappa shape index (κ1) is 13.8. The highest BCUT2D eigenvalue weighted by Crippen LogP contribution is 2.37. The average molecular weight is 308 g/mol. The number of hydrogen-bond acceptors (Lipinski definition) is 3. The third-order valence-electron chi connectivity index (χ3n) is 4.29. The molecule has 2 aromatic rings. The highest BCUT2D eigenvalue weighted by atomic mass is 16.5. The standard InChI is InChI=1S/C18H16N2O3/c21-17-11-13(12-5-1-2-6-14(12)19-17)18(22)20-9-10-23-16-8-4-3-7-15(16)20/h1-8,13H,9-11H2,(H,19,21). The normalized spacial score (nSPS) is 19.2. The molecule has 23 heavy (non-hydrogen) atoms. The molecule has 0 radical (unpaired) electrons. The van der Waals surface area contributed by atoms with E-state index in [9.17, 15) is 9.59 Å². The molecule has 0 saturated carbocycles. The van der Waals surface area contributed by atoms with E-state index < -0.39 is 5.92 Å². The Morgan fingerprint density at radius 3 is 2.83 bits per heavy atom. The van der Waals surface area contributed by atoms with Crippen molar-refractivity contribution >= 4 is 23.2 Å². The Kier molecular flexibility index (Phi) is 3.26. The third kappa shape index (κ3) is 2.34. The number of para-hydroxylation sites is 3. The molecule has 5 nitrogen and oxygen atoms in total. The second kappa shape index (κ2) is 5.43. The molecule has 0 fully saturated rings. The number of anilines is 2. The molecule has 4 rings (SSSR count). The summed E-state index contributed by atoms with van der Waals surface area (Å²) in [6.45, 7) is 0.958. The van der Waals surface area contributed by atoms with Crippen LogP contribution in [0.2, 0.25) is 0 Å². The second-order valence-electron chi connectivity index (χ2n) is 5.70. The zero-order chi connectivity index (χ0) is 15.8. The van der Waals surface area contributed by atoms with Crippen molar-refractivity contribution in [3.63, 3.8) is 0 Å². The van der Waals surface area contributed by atoms with Crippen molar-refractivity contribution in [1.29, 1.82) is 0 Å². The Labute approximate surface area is 133 Å². The molecular weight excluding hydrogens is 292 g/mol. The zero-order valence-electron chi connectivity index (χ0n) is 12.5. The molecule has 2 aromatic carbocycles. The van der Waals surface area contributed by atoms with Crippen molar-refractivity contribution in [3.05, 3.63) is 54.1 Å². The molecule has 2 aliphatic rings. The Morgan fingerprint density at radius 1 is 1.13 bits per heavy atom. The Bertz CT molecular complexity index is 787. The molecule has 2 aliphatic heterocycles. The summed E-state index contributed by atoms with van der Waals surface area (Å²) in [5, 5.41) is 2.83. The van der Waals surface area contributed by atoms with E-state index in [1.54, 1.807) is 4.90 Å². The van der Waals surface area contributed by atoms with E-state index in [4.69, 9.17) is 4.74 Å². The first-order valence-electron chi connectivity index (χ1n) is 7.66. The third-order valence-corrected chi connectivity index (χ3v) is 4.29. The molecule has 5 heteroatoms. The summed E-state index contributed by atoms with van der Waals surface area (Å²) in [6, 6.07) is 15.0. The van der Waals surface area contributed by atoms with E-state index >= 15 is 0 Å². The van der Waals surface area contributed by atoms with E-state index in [2.05, 4.69) is 5.32 Å². The molecule has 1 atom stereocenters. The fourth-order valence-corrected chi connectivity index (χ4v) is 3.22. The molecule has 2 amide bonds. The van der Waals surface area contributed by atoms with E-state index in [0.717, 1.165) is 16.9 Å². The van der Waals surface area contributed by atoms with Gasteiger partial charge in [0.15, 0.2) is 0 Å². The number of nitrogens with one attached hydrogen (secondary N) is 1. The van der Waals surface area contributed by atoms with Gasteiger partial charge in [0.25, 0.3) is 0 Å². The largest absolute Gasteiger partial charge is 0.490 e. The lowest BCUT2D eigenvalue weighted by atomic mass is 9.89. The summed E-state index contributed by atoms with van der Waals surface area (Å²) in [6.07, 6.45) is 0.176. The molecule has 1 N–H and O–H groups in total. The average Bonchev–Trinajstić information content (AvgIpc) is 2.60. The number of rotatable bonds is 1. The number of ether oxygens (including phenoxy) is 1. The van der Waals surface area contributed by atoms with Crippen LogP contribution < -0.4 is 15.0 Å². The van der Waals surface area contributed by atoms with Crippen molar-refractivity contribution in [2.45, 2.75) is 12.3 Å². The van der Waals surface area contributed by atoms with Crippen LogP contribution in [0.15, 0.2) is 48.5 Å². The minimum Gasteiger partial charge on any atom is -0.490 e. The summed E-state index contributed by atoms with van der Waals surface area (Å²) in [5.74, 6) is 0.0818. The molecule has 0 bridgehead atoms. The second-order valence-corrected chi connectivity index (χ2v) is 5.70. The van der Waals surface area contributed by atoms with Gasteiger partial charge in [-0.1, -0.05) is 30.3 Å². The van der Waals surface area contributed by atoms with Crippen molar-refractivity contribution in [2.75, 3.05) is 23.4 Å². The number of carbonyl (C=O) groups excluding carboxylic acids is 2. The van der Waals surface area contributed by atoms with Crippen LogP contribution in [0.25, 0.3) is 0 Å². The molecule has 0 saturated heterocycles. The van der Waals surface area contributed by atoms with E-state index in [1.165, 1.54) is 0 Å². The summed E-state index contributed by atoms with van der Waals surface area (Å²) in [7, 11) is 0. The number of hydrogen-bond donors (Lipinski definition) is 1. The lowest BCUT2D eigenvalue weighted by Gasteiger charge is -2.34. The molecule has 2 heterocycles. The predicted octanol–water partition coefficient (Wildman–Crippen LogP) is 2.54. The number of benzene rings is 2. The van der Waals surface area contributed by atoms with Gasteiger partial charge in [-0.25, -0.2) is 0 Å². The van der Waals surface area contributed by atoms with E-state index in [0.29, 0.717) is 18.9 Å². The monoisotopic (exact) mass is 308 g/mol. The maximum atomic E-state index is 13.1. The van der Waals surface area contributed by atoms with Gasteiger partial charge in [0.05, 0.1) is 18.2 Å². The van der Waals surface area contributed by atoms with Gasteiger partial charge in [0.1, 0.15) is 12.4 Å². The fraction of sp³-hybridized carbons (Fsp3) is 0.222. The highest BCUT2D eigenvalue weighted by Gasteiger charge is 2.35. The van der Waals surface area contributed by atoms with Crippen LogP contribution in [-0.4, -0.2) is 25.0 Å². The van der Waals surface area contributed by atoms with Gasteiger partial charge >= 0.3 is 0 Å². The SMILES string of the molecule is O=C1CC(C(=O)N2CCOc3ccccc32)c2ccccc2N1. The fourth-order valence-electron chi connectivity index (χ4n) is 3.22.